The molecule has 0 unspecified atom stereocenters. The van der Waals surface area contributed by atoms with Crippen molar-refractivity contribution < 1.29 is 0 Å². The highest BCUT2D eigenvalue weighted by molar-refractivity contribution is 7.99. The van der Waals surface area contributed by atoms with Gasteiger partial charge in [0.05, 0.1) is 5.56 Å². The molecule has 2 N–H and O–H groups in total. The van der Waals surface area contributed by atoms with Gasteiger partial charge in [-0.25, -0.2) is 9.89 Å². The standard InChI is InChI=1S/C13H15N5OS/c1-3-15-8-9-4-5-11(10(6-9)7-14)20-13-17-16-12(19)18(13)2/h4-6,15H,3,8H2,1-2H3,(H,16,19). The van der Waals surface area contributed by atoms with Gasteiger partial charge in [0, 0.05) is 18.5 Å². The fraction of sp³-hybridized carbons (Fsp3) is 0.308. The Bertz CT molecular complexity index is 698. The number of aromatic amines is 1. The van der Waals surface area contributed by atoms with Crippen LogP contribution in [0.15, 0.2) is 33.0 Å². The first-order chi connectivity index (χ1) is 9.65. The maximum absolute atomic E-state index is 11.3. The largest absolute Gasteiger partial charge is 0.343 e. The summed E-state index contributed by atoms with van der Waals surface area (Å²) in [4.78, 5) is 12.1. The number of nitriles is 1. The summed E-state index contributed by atoms with van der Waals surface area (Å²) >= 11 is 1.30. The van der Waals surface area contributed by atoms with E-state index >= 15 is 0 Å². The third-order valence-corrected chi connectivity index (χ3v) is 3.91. The highest BCUT2D eigenvalue weighted by atomic mass is 32.2. The molecule has 1 heterocycles. The number of H-pyrrole nitrogens is 1. The third kappa shape index (κ3) is 3.10. The van der Waals surface area contributed by atoms with E-state index < -0.39 is 0 Å². The van der Waals surface area contributed by atoms with Gasteiger partial charge in [-0.3, -0.25) is 4.57 Å². The molecule has 0 atom stereocenters. The second-order valence-electron chi connectivity index (χ2n) is 4.20. The van der Waals surface area contributed by atoms with Crippen LogP contribution in [0.4, 0.5) is 0 Å². The SMILES string of the molecule is CCNCc1ccc(Sc2n[nH]c(=O)n2C)c(C#N)c1. The number of nitrogens with one attached hydrogen (secondary N) is 2. The first-order valence-electron chi connectivity index (χ1n) is 6.18. The lowest BCUT2D eigenvalue weighted by Crippen LogP contribution is -2.13. The Labute approximate surface area is 120 Å². The van der Waals surface area contributed by atoms with Crippen LogP contribution in [0.5, 0.6) is 0 Å². The van der Waals surface area contributed by atoms with Crippen molar-refractivity contribution in [3.8, 4) is 6.07 Å². The van der Waals surface area contributed by atoms with E-state index in [0.717, 1.165) is 23.5 Å². The Balaban J connectivity index is 2.26. The van der Waals surface area contributed by atoms with E-state index in [4.69, 9.17) is 0 Å². The Morgan fingerprint density at radius 1 is 1.55 bits per heavy atom. The number of benzene rings is 1. The van der Waals surface area contributed by atoms with Crippen LogP contribution >= 0.6 is 11.8 Å². The van der Waals surface area contributed by atoms with Crippen LogP contribution in [0.1, 0.15) is 18.1 Å². The van der Waals surface area contributed by atoms with Crippen LogP contribution in [0, 0.1) is 11.3 Å². The van der Waals surface area contributed by atoms with Crippen molar-refractivity contribution >= 4 is 11.8 Å². The van der Waals surface area contributed by atoms with Crippen LogP contribution in [-0.2, 0) is 13.6 Å². The average Bonchev–Trinajstić information content (AvgIpc) is 2.78. The van der Waals surface area contributed by atoms with E-state index in [1.54, 1.807) is 7.05 Å². The van der Waals surface area contributed by atoms with Gasteiger partial charge >= 0.3 is 5.69 Å². The minimum Gasteiger partial charge on any atom is -0.313 e. The number of aromatic nitrogens is 3. The zero-order valence-corrected chi connectivity index (χ0v) is 12.1. The highest BCUT2D eigenvalue weighted by Crippen LogP contribution is 2.28. The first kappa shape index (κ1) is 14.4. The van der Waals surface area contributed by atoms with Crippen molar-refractivity contribution in [2.75, 3.05) is 6.54 Å². The highest BCUT2D eigenvalue weighted by Gasteiger charge is 2.10. The molecule has 0 aliphatic carbocycles. The molecule has 0 spiro atoms. The molecule has 0 fully saturated rings. The number of hydrogen-bond acceptors (Lipinski definition) is 5. The summed E-state index contributed by atoms with van der Waals surface area (Å²) in [6, 6.07) is 7.89. The molecule has 2 rings (SSSR count). The van der Waals surface area contributed by atoms with E-state index in [0.29, 0.717) is 10.7 Å². The quantitative estimate of drug-likeness (QED) is 0.865. The summed E-state index contributed by atoms with van der Waals surface area (Å²) in [6.45, 7) is 3.65. The van der Waals surface area contributed by atoms with Crippen LogP contribution in [0.3, 0.4) is 0 Å². The number of hydrogen-bond donors (Lipinski definition) is 2. The fourth-order valence-electron chi connectivity index (χ4n) is 1.65. The molecule has 20 heavy (non-hydrogen) atoms. The van der Waals surface area contributed by atoms with Gasteiger partial charge in [0.15, 0.2) is 5.16 Å². The van der Waals surface area contributed by atoms with Gasteiger partial charge in [-0.05, 0) is 36.0 Å². The van der Waals surface area contributed by atoms with Gasteiger partial charge in [0.1, 0.15) is 6.07 Å². The van der Waals surface area contributed by atoms with E-state index in [2.05, 4.69) is 21.6 Å². The van der Waals surface area contributed by atoms with E-state index in [-0.39, 0.29) is 5.69 Å². The molecule has 0 radical (unpaired) electrons. The maximum Gasteiger partial charge on any atom is 0.343 e. The number of rotatable bonds is 5. The molecule has 1 aromatic heterocycles. The Morgan fingerprint density at radius 2 is 2.35 bits per heavy atom. The lowest BCUT2D eigenvalue weighted by atomic mass is 10.1. The van der Waals surface area contributed by atoms with Crippen LogP contribution in [0.2, 0.25) is 0 Å². The molecule has 0 saturated carbocycles. The molecule has 0 bridgehead atoms. The maximum atomic E-state index is 11.3. The molecule has 1 aromatic carbocycles. The third-order valence-electron chi connectivity index (χ3n) is 2.78. The molecular formula is C13H15N5OS. The molecule has 0 amide bonds. The van der Waals surface area contributed by atoms with Gasteiger partial charge < -0.3 is 5.32 Å². The zero-order valence-electron chi connectivity index (χ0n) is 11.3. The molecule has 0 aliphatic heterocycles. The molecule has 0 saturated heterocycles. The van der Waals surface area contributed by atoms with E-state index in [1.165, 1.54) is 16.3 Å². The summed E-state index contributed by atoms with van der Waals surface area (Å²) in [5.74, 6) is 0. The summed E-state index contributed by atoms with van der Waals surface area (Å²) < 4.78 is 1.42. The number of nitrogens with zero attached hydrogens (tertiary/aromatic N) is 3. The minimum atomic E-state index is -0.269. The summed E-state index contributed by atoms with van der Waals surface area (Å²) in [5, 5.41) is 19.3. The van der Waals surface area contributed by atoms with E-state index in [9.17, 15) is 10.1 Å². The van der Waals surface area contributed by atoms with Crippen molar-refractivity contribution in [1.29, 1.82) is 5.26 Å². The lowest BCUT2D eigenvalue weighted by Gasteiger charge is -2.06. The fourth-order valence-corrected chi connectivity index (χ4v) is 2.51. The molecular weight excluding hydrogens is 274 g/mol. The smallest absolute Gasteiger partial charge is 0.313 e. The summed E-state index contributed by atoms with van der Waals surface area (Å²) in [6.07, 6.45) is 0. The molecule has 104 valence electrons. The molecule has 7 heteroatoms. The Kier molecular flexibility index (Phi) is 4.61. The van der Waals surface area contributed by atoms with Crippen molar-refractivity contribution in [3.63, 3.8) is 0 Å². The van der Waals surface area contributed by atoms with Crippen molar-refractivity contribution in [3.05, 3.63) is 39.8 Å². The van der Waals surface area contributed by atoms with Crippen molar-refractivity contribution in [2.45, 2.75) is 23.5 Å². The molecule has 6 nitrogen and oxygen atoms in total. The van der Waals surface area contributed by atoms with Gasteiger partial charge in [0.2, 0.25) is 0 Å². The normalized spacial score (nSPS) is 10.4. The Morgan fingerprint density at radius 3 is 2.95 bits per heavy atom. The van der Waals surface area contributed by atoms with E-state index in [1.807, 2.05) is 25.1 Å². The van der Waals surface area contributed by atoms with Gasteiger partial charge in [-0.2, -0.15) is 5.26 Å². The van der Waals surface area contributed by atoms with Crippen molar-refractivity contribution in [2.24, 2.45) is 7.05 Å². The second-order valence-corrected chi connectivity index (χ2v) is 5.20. The molecule has 2 aromatic rings. The first-order valence-corrected chi connectivity index (χ1v) is 7.00. The Hall–Kier alpha value is -2.04. The van der Waals surface area contributed by atoms with Crippen LogP contribution in [-0.4, -0.2) is 21.3 Å². The van der Waals surface area contributed by atoms with Gasteiger partial charge in [-0.1, -0.05) is 13.0 Å². The average molecular weight is 289 g/mol. The van der Waals surface area contributed by atoms with Crippen molar-refractivity contribution in [1.82, 2.24) is 20.1 Å². The monoisotopic (exact) mass is 289 g/mol. The van der Waals surface area contributed by atoms with Gasteiger partial charge in [0.25, 0.3) is 0 Å². The summed E-state index contributed by atoms with van der Waals surface area (Å²) in [5.41, 5.74) is 1.37. The predicted octanol–water partition coefficient (Wildman–Crippen LogP) is 1.24. The summed E-state index contributed by atoms with van der Waals surface area (Å²) in [7, 11) is 1.64. The second kappa shape index (κ2) is 6.41. The topological polar surface area (TPSA) is 86.5 Å². The predicted molar refractivity (Wildman–Crippen MR) is 76.5 cm³/mol. The zero-order chi connectivity index (χ0) is 14.5. The lowest BCUT2D eigenvalue weighted by molar-refractivity contribution is 0.726. The van der Waals surface area contributed by atoms with Gasteiger partial charge in [-0.15, -0.1) is 5.10 Å². The minimum absolute atomic E-state index is 0.269. The molecule has 0 aliphatic rings. The van der Waals surface area contributed by atoms with Crippen LogP contribution in [0.25, 0.3) is 0 Å². The van der Waals surface area contributed by atoms with Crippen LogP contribution < -0.4 is 11.0 Å².